The van der Waals surface area contributed by atoms with Gasteiger partial charge in [-0.2, -0.15) is 0 Å². The number of nitrogens with zero attached hydrogens (tertiary/aromatic N) is 1. The highest BCUT2D eigenvalue weighted by Crippen LogP contribution is 2.36. The summed E-state index contributed by atoms with van der Waals surface area (Å²) in [5, 5.41) is 3.68. The third-order valence-corrected chi connectivity index (χ3v) is 6.11. The molecule has 1 heterocycles. The summed E-state index contributed by atoms with van der Waals surface area (Å²) in [5.41, 5.74) is 1.58. The molecule has 0 aliphatic carbocycles. The fourth-order valence-electron chi connectivity index (χ4n) is 2.59. The largest absolute Gasteiger partial charge is 0.332 e. The summed E-state index contributed by atoms with van der Waals surface area (Å²) in [5.74, 6) is -1.10. The Labute approximate surface area is 173 Å². The van der Waals surface area contributed by atoms with E-state index >= 15 is 0 Å². The van der Waals surface area contributed by atoms with Crippen LogP contribution in [0.2, 0.25) is 5.02 Å². The van der Waals surface area contributed by atoms with Gasteiger partial charge in [0.1, 0.15) is 10.7 Å². The predicted molar refractivity (Wildman–Crippen MR) is 111 cm³/mol. The van der Waals surface area contributed by atoms with Crippen molar-refractivity contribution in [2.24, 2.45) is 0 Å². The molecule has 4 nitrogen and oxygen atoms in total. The number of halogens is 3. The van der Waals surface area contributed by atoms with E-state index in [1.54, 1.807) is 12.1 Å². The molecule has 1 aromatic heterocycles. The number of hydrogen-bond donors (Lipinski definition) is 1. The third-order valence-electron chi connectivity index (χ3n) is 3.98. The first-order chi connectivity index (χ1) is 12.8. The Morgan fingerprint density at radius 2 is 2.00 bits per heavy atom. The topological polar surface area (TPSA) is 49.4 Å². The normalized spacial score (nSPS) is 10.9. The van der Waals surface area contributed by atoms with Crippen molar-refractivity contribution in [3.8, 4) is 0 Å². The van der Waals surface area contributed by atoms with E-state index in [-0.39, 0.29) is 28.3 Å². The average Bonchev–Trinajstić information content (AvgIpc) is 2.92. The highest BCUT2D eigenvalue weighted by Gasteiger charge is 2.22. The van der Waals surface area contributed by atoms with Gasteiger partial charge in [-0.25, -0.2) is 4.39 Å². The molecule has 0 bridgehead atoms. The second kappa shape index (κ2) is 7.96. The Balaban J connectivity index is 1.74. The fourth-order valence-corrected chi connectivity index (χ4v) is 4.60. The minimum absolute atomic E-state index is 0.132. The Morgan fingerprint density at radius 1 is 1.26 bits per heavy atom. The Bertz CT molecular complexity index is 1050. The molecule has 2 amide bonds. The highest BCUT2D eigenvalue weighted by atomic mass is 79.9. The van der Waals surface area contributed by atoms with Crippen LogP contribution in [-0.4, -0.2) is 30.3 Å². The van der Waals surface area contributed by atoms with Gasteiger partial charge in [-0.15, -0.1) is 11.3 Å². The van der Waals surface area contributed by atoms with Crippen molar-refractivity contribution in [2.75, 3.05) is 18.9 Å². The van der Waals surface area contributed by atoms with Crippen LogP contribution in [0.15, 0.2) is 40.9 Å². The van der Waals surface area contributed by atoms with Gasteiger partial charge in [0.2, 0.25) is 5.91 Å². The third kappa shape index (κ3) is 4.31. The lowest BCUT2D eigenvalue weighted by Crippen LogP contribution is -2.34. The zero-order chi connectivity index (χ0) is 19.7. The van der Waals surface area contributed by atoms with Crippen LogP contribution in [0.3, 0.4) is 0 Å². The smallest absolute Gasteiger partial charge is 0.265 e. The van der Waals surface area contributed by atoms with Crippen molar-refractivity contribution in [1.29, 1.82) is 0 Å². The molecule has 0 aliphatic rings. The molecule has 0 aliphatic heterocycles. The van der Waals surface area contributed by atoms with Gasteiger partial charge < -0.3 is 10.2 Å². The highest BCUT2D eigenvalue weighted by molar-refractivity contribution is 9.10. The Morgan fingerprint density at radius 3 is 2.70 bits per heavy atom. The molecule has 27 heavy (non-hydrogen) atoms. The van der Waals surface area contributed by atoms with E-state index in [2.05, 4.69) is 21.2 Å². The van der Waals surface area contributed by atoms with Crippen LogP contribution in [-0.2, 0) is 4.79 Å². The van der Waals surface area contributed by atoms with Gasteiger partial charge in [0.25, 0.3) is 5.91 Å². The van der Waals surface area contributed by atoms with E-state index in [0.717, 1.165) is 21.4 Å². The van der Waals surface area contributed by atoms with E-state index in [9.17, 15) is 14.0 Å². The fraction of sp³-hybridized carbons (Fsp3) is 0.158. The Kier molecular flexibility index (Phi) is 5.83. The van der Waals surface area contributed by atoms with Crippen LogP contribution in [0, 0.1) is 12.7 Å². The number of amides is 2. The maximum Gasteiger partial charge on any atom is 0.265 e. The number of hydrogen-bond acceptors (Lipinski definition) is 3. The lowest BCUT2D eigenvalue weighted by atomic mass is 10.2. The summed E-state index contributed by atoms with van der Waals surface area (Å²) >= 11 is 10.8. The predicted octanol–water partition coefficient (Wildman–Crippen LogP) is 5.48. The molecule has 140 valence electrons. The minimum Gasteiger partial charge on any atom is -0.332 e. The molecule has 3 rings (SSSR count). The van der Waals surface area contributed by atoms with Crippen molar-refractivity contribution in [1.82, 2.24) is 4.90 Å². The SMILES string of the molecule is Cc1cc(Br)ccc1NC(=O)CN(C)C(=O)c1sc2cc(F)ccc2c1Cl. The van der Waals surface area contributed by atoms with Gasteiger partial charge in [0.15, 0.2) is 0 Å². The summed E-state index contributed by atoms with van der Waals surface area (Å²) in [7, 11) is 1.53. The van der Waals surface area contributed by atoms with Crippen molar-refractivity contribution in [3.63, 3.8) is 0 Å². The van der Waals surface area contributed by atoms with Crippen molar-refractivity contribution in [2.45, 2.75) is 6.92 Å². The first-order valence-electron chi connectivity index (χ1n) is 7.95. The van der Waals surface area contributed by atoms with Crippen LogP contribution in [0.4, 0.5) is 10.1 Å². The van der Waals surface area contributed by atoms with Gasteiger partial charge in [-0.05, 0) is 48.9 Å². The summed E-state index contributed by atoms with van der Waals surface area (Å²) in [6.07, 6.45) is 0. The molecular formula is C19H15BrClFN2O2S. The molecule has 2 aromatic carbocycles. The number of nitrogens with one attached hydrogen (secondary N) is 1. The molecule has 0 fully saturated rings. The molecular weight excluding hydrogens is 455 g/mol. The molecule has 0 spiro atoms. The van der Waals surface area contributed by atoms with Crippen LogP contribution in [0.1, 0.15) is 15.2 Å². The van der Waals surface area contributed by atoms with E-state index < -0.39 is 5.82 Å². The van der Waals surface area contributed by atoms with Crippen molar-refractivity contribution in [3.05, 3.63) is 62.2 Å². The number of thiophene rings is 1. The number of benzene rings is 2. The van der Waals surface area contributed by atoms with Crippen molar-refractivity contribution >= 4 is 66.5 Å². The van der Waals surface area contributed by atoms with Gasteiger partial charge in [-0.1, -0.05) is 27.5 Å². The molecule has 0 radical (unpaired) electrons. The first kappa shape index (κ1) is 19.8. The van der Waals surface area contributed by atoms with Crippen LogP contribution >= 0.6 is 38.9 Å². The number of fused-ring (bicyclic) bond motifs is 1. The van der Waals surface area contributed by atoms with Gasteiger partial charge in [0, 0.05) is 27.3 Å². The minimum atomic E-state index is -0.392. The zero-order valence-corrected chi connectivity index (χ0v) is 17.6. The van der Waals surface area contributed by atoms with Gasteiger partial charge in [0.05, 0.1) is 11.6 Å². The van der Waals surface area contributed by atoms with E-state index in [4.69, 9.17) is 11.6 Å². The Hall–Kier alpha value is -1.96. The number of likely N-dealkylation sites (N-methyl/N-ethyl adjacent to an activating group) is 1. The van der Waals surface area contributed by atoms with Crippen LogP contribution in [0.25, 0.3) is 10.1 Å². The molecule has 1 N–H and O–H groups in total. The summed E-state index contributed by atoms with van der Waals surface area (Å²) in [6.45, 7) is 1.75. The number of rotatable bonds is 4. The lowest BCUT2D eigenvalue weighted by molar-refractivity contribution is -0.116. The van der Waals surface area contributed by atoms with Crippen LogP contribution < -0.4 is 5.32 Å². The van der Waals surface area contributed by atoms with Gasteiger partial charge >= 0.3 is 0 Å². The number of anilines is 1. The zero-order valence-electron chi connectivity index (χ0n) is 14.5. The number of aryl methyl sites for hydroxylation is 1. The lowest BCUT2D eigenvalue weighted by Gasteiger charge is -2.17. The van der Waals surface area contributed by atoms with E-state index in [1.807, 2.05) is 19.1 Å². The monoisotopic (exact) mass is 468 g/mol. The summed E-state index contributed by atoms with van der Waals surface area (Å²) < 4.78 is 14.9. The van der Waals surface area contributed by atoms with Gasteiger partial charge in [-0.3, -0.25) is 9.59 Å². The molecule has 3 aromatic rings. The summed E-state index contributed by atoms with van der Waals surface area (Å²) in [6, 6.07) is 9.69. The average molecular weight is 470 g/mol. The number of carbonyl (C=O) groups is 2. The summed E-state index contributed by atoms with van der Waals surface area (Å²) in [4.78, 5) is 26.6. The second-order valence-electron chi connectivity index (χ2n) is 6.05. The van der Waals surface area contributed by atoms with Crippen LogP contribution in [0.5, 0.6) is 0 Å². The molecule has 0 unspecified atom stereocenters. The number of carbonyl (C=O) groups excluding carboxylic acids is 2. The first-order valence-corrected chi connectivity index (χ1v) is 9.94. The maximum atomic E-state index is 13.4. The molecule has 0 saturated heterocycles. The van der Waals surface area contributed by atoms with E-state index in [0.29, 0.717) is 15.8 Å². The maximum absolute atomic E-state index is 13.4. The standard InChI is InChI=1S/C19H15BrClFN2O2S/c1-10-7-11(20)3-6-14(10)23-16(25)9-24(2)19(26)18-17(21)13-5-4-12(22)8-15(13)27-18/h3-8H,9H2,1-2H3,(H,23,25). The molecule has 8 heteroatoms. The van der Waals surface area contributed by atoms with Crippen molar-refractivity contribution < 1.29 is 14.0 Å². The quantitative estimate of drug-likeness (QED) is 0.550. The van der Waals surface area contributed by atoms with E-state index in [1.165, 1.54) is 24.1 Å². The second-order valence-corrected chi connectivity index (χ2v) is 8.40. The molecule has 0 atom stereocenters. The molecule has 0 saturated carbocycles.